The predicted octanol–water partition coefficient (Wildman–Crippen LogP) is 1.32. The fraction of sp³-hybridized carbons (Fsp3) is 0.462. The van der Waals surface area contributed by atoms with Crippen LogP contribution in [-0.4, -0.2) is 38.9 Å². The van der Waals surface area contributed by atoms with E-state index in [1.165, 1.54) is 19.2 Å². The summed E-state index contributed by atoms with van der Waals surface area (Å²) in [5.74, 6) is -1.70. The number of sulfonamides is 1. The van der Waals surface area contributed by atoms with E-state index in [0.717, 1.165) is 10.4 Å². The number of nitrogens with zero attached hydrogens (tertiary/aromatic N) is 1. The number of carbonyl (C=O) groups excluding carboxylic acids is 1. The second kappa shape index (κ2) is 5.49. The van der Waals surface area contributed by atoms with Crippen LogP contribution in [0.1, 0.15) is 12.0 Å². The van der Waals surface area contributed by atoms with E-state index in [-0.39, 0.29) is 18.0 Å². The van der Waals surface area contributed by atoms with E-state index in [0.29, 0.717) is 12.0 Å². The van der Waals surface area contributed by atoms with Crippen molar-refractivity contribution in [3.05, 3.63) is 29.6 Å². The van der Waals surface area contributed by atoms with Crippen molar-refractivity contribution < 1.29 is 22.3 Å². The van der Waals surface area contributed by atoms with Crippen molar-refractivity contribution >= 4 is 16.0 Å². The number of carbonyl (C=O) groups is 1. The number of aryl methyl sites for hydroxylation is 1. The molecular formula is C13H16FNO4S. The molecule has 1 aliphatic heterocycles. The minimum atomic E-state index is -3.92. The van der Waals surface area contributed by atoms with Gasteiger partial charge in [-0.15, -0.1) is 0 Å². The first-order valence-electron chi connectivity index (χ1n) is 6.20. The number of halogens is 1. The lowest BCUT2D eigenvalue weighted by molar-refractivity contribution is -0.144. The van der Waals surface area contributed by atoms with Crippen LogP contribution in [0.25, 0.3) is 0 Å². The van der Waals surface area contributed by atoms with E-state index in [1.807, 2.05) is 0 Å². The monoisotopic (exact) mass is 301 g/mol. The van der Waals surface area contributed by atoms with Gasteiger partial charge in [0.05, 0.1) is 13.0 Å². The molecule has 1 fully saturated rings. The van der Waals surface area contributed by atoms with Gasteiger partial charge in [0.1, 0.15) is 10.7 Å². The van der Waals surface area contributed by atoms with Crippen LogP contribution in [0.4, 0.5) is 4.39 Å². The molecule has 1 saturated heterocycles. The third kappa shape index (κ3) is 2.69. The smallest absolute Gasteiger partial charge is 0.310 e. The summed E-state index contributed by atoms with van der Waals surface area (Å²) < 4.78 is 44.3. The van der Waals surface area contributed by atoms with Crippen molar-refractivity contribution in [2.75, 3.05) is 20.2 Å². The zero-order valence-corrected chi connectivity index (χ0v) is 12.1. The second-order valence-electron chi connectivity index (χ2n) is 4.81. The van der Waals surface area contributed by atoms with E-state index in [4.69, 9.17) is 0 Å². The molecule has 5 nitrogen and oxygen atoms in total. The van der Waals surface area contributed by atoms with Gasteiger partial charge in [0.2, 0.25) is 10.0 Å². The largest absolute Gasteiger partial charge is 0.469 e. The molecule has 1 atom stereocenters. The maximum absolute atomic E-state index is 13.7. The molecule has 1 heterocycles. The molecule has 0 saturated carbocycles. The maximum Gasteiger partial charge on any atom is 0.310 e. The Balaban J connectivity index is 2.28. The van der Waals surface area contributed by atoms with Crippen molar-refractivity contribution in [1.82, 2.24) is 4.31 Å². The summed E-state index contributed by atoms with van der Waals surface area (Å²) in [6, 6.07) is 3.95. The van der Waals surface area contributed by atoms with Gasteiger partial charge in [0.25, 0.3) is 0 Å². The van der Waals surface area contributed by atoms with Crippen molar-refractivity contribution in [2.24, 2.45) is 5.92 Å². The van der Waals surface area contributed by atoms with Gasteiger partial charge < -0.3 is 4.74 Å². The van der Waals surface area contributed by atoms with Gasteiger partial charge in [-0.05, 0) is 31.0 Å². The minimum absolute atomic E-state index is 0.0301. The Morgan fingerprint density at radius 2 is 2.15 bits per heavy atom. The Morgan fingerprint density at radius 1 is 1.45 bits per heavy atom. The molecule has 1 aromatic carbocycles. The fourth-order valence-electron chi connectivity index (χ4n) is 2.25. The van der Waals surface area contributed by atoms with Gasteiger partial charge in [-0.1, -0.05) is 6.07 Å². The van der Waals surface area contributed by atoms with Gasteiger partial charge >= 0.3 is 5.97 Å². The number of benzene rings is 1. The van der Waals surface area contributed by atoms with Gasteiger partial charge in [-0.25, -0.2) is 12.8 Å². The van der Waals surface area contributed by atoms with Crippen molar-refractivity contribution in [2.45, 2.75) is 18.2 Å². The molecule has 0 aliphatic carbocycles. The van der Waals surface area contributed by atoms with Crippen LogP contribution in [0.2, 0.25) is 0 Å². The average Bonchev–Trinajstić information content (AvgIpc) is 2.91. The Hall–Kier alpha value is -1.47. The molecule has 1 aliphatic rings. The van der Waals surface area contributed by atoms with Crippen LogP contribution in [0.15, 0.2) is 23.1 Å². The zero-order valence-electron chi connectivity index (χ0n) is 11.3. The standard InChI is InChI=1S/C13H16FNO4S/c1-9-3-4-11(14)12(7-9)20(17,18)15-6-5-10(8-15)13(16)19-2/h3-4,7,10H,5-6,8H2,1-2H3. The molecule has 1 unspecified atom stereocenters. The molecule has 0 N–H and O–H groups in total. The predicted molar refractivity (Wildman–Crippen MR) is 70.0 cm³/mol. The van der Waals surface area contributed by atoms with Gasteiger partial charge in [0.15, 0.2) is 0 Å². The number of hydrogen-bond acceptors (Lipinski definition) is 4. The van der Waals surface area contributed by atoms with E-state index in [2.05, 4.69) is 4.74 Å². The SMILES string of the molecule is COC(=O)C1CCN(S(=O)(=O)c2cc(C)ccc2F)C1. The van der Waals surface area contributed by atoms with Crippen LogP contribution < -0.4 is 0 Å². The summed E-state index contributed by atoms with van der Waals surface area (Å²) in [4.78, 5) is 11.1. The highest BCUT2D eigenvalue weighted by atomic mass is 32.2. The lowest BCUT2D eigenvalue weighted by atomic mass is 10.1. The van der Waals surface area contributed by atoms with Crippen molar-refractivity contribution in [3.63, 3.8) is 0 Å². The molecule has 0 spiro atoms. The van der Waals surface area contributed by atoms with Crippen LogP contribution in [0.3, 0.4) is 0 Å². The minimum Gasteiger partial charge on any atom is -0.469 e. The van der Waals surface area contributed by atoms with Crippen LogP contribution in [0, 0.1) is 18.7 Å². The molecular weight excluding hydrogens is 285 g/mol. The fourth-order valence-corrected chi connectivity index (χ4v) is 3.90. The molecule has 0 aromatic heterocycles. The topological polar surface area (TPSA) is 63.7 Å². The average molecular weight is 301 g/mol. The highest BCUT2D eigenvalue weighted by molar-refractivity contribution is 7.89. The molecule has 20 heavy (non-hydrogen) atoms. The lowest BCUT2D eigenvalue weighted by Crippen LogP contribution is -2.31. The zero-order chi connectivity index (χ0) is 14.9. The highest BCUT2D eigenvalue weighted by Crippen LogP contribution is 2.27. The summed E-state index contributed by atoms with van der Waals surface area (Å²) in [5.41, 5.74) is 0.661. The van der Waals surface area contributed by atoms with Gasteiger partial charge in [-0.2, -0.15) is 4.31 Å². The number of ether oxygens (including phenoxy) is 1. The Labute approximate surface area is 117 Å². The summed E-state index contributed by atoms with van der Waals surface area (Å²) in [6.07, 6.45) is 0.388. The summed E-state index contributed by atoms with van der Waals surface area (Å²) in [7, 11) is -2.65. The summed E-state index contributed by atoms with van der Waals surface area (Å²) >= 11 is 0. The highest BCUT2D eigenvalue weighted by Gasteiger charge is 2.37. The van der Waals surface area contributed by atoms with Crippen LogP contribution >= 0.6 is 0 Å². The van der Waals surface area contributed by atoms with Gasteiger partial charge in [-0.3, -0.25) is 4.79 Å². The maximum atomic E-state index is 13.7. The van der Waals surface area contributed by atoms with Crippen molar-refractivity contribution in [1.29, 1.82) is 0 Å². The Kier molecular flexibility index (Phi) is 4.10. The summed E-state index contributed by atoms with van der Waals surface area (Å²) in [5, 5.41) is 0. The summed E-state index contributed by atoms with van der Waals surface area (Å²) in [6.45, 7) is 1.91. The molecule has 0 amide bonds. The van der Waals surface area contributed by atoms with Crippen molar-refractivity contribution in [3.8, 4) is 0 Å². The number of rotatable bonds is 3. The normalized spacial score (nSPS) is 20.1. The lowest BCUT2D eigenvalue weighted by Gasteiger charge is -2.17. The molecule has 0 radical (unpaired) electrons. The van der Waals surface area contributed by atoms with Crippen LogP contribution in [0.5, 0.6) is 0 Å². The van der Waals surface area contributed by atoms with Gasteiger partial charge in [0, 0.05) is 13.1 Å². The molecule has 7 heteroatoms. The Bertz CT molecular complexity index is 629. The first-order chi connectivity index (χ1) is 9.36. The third-order valence-electron chi connectivity index (χ3n) is 3.39. The number of esters is 1. The quantitative estimate of drug-likeness (QED) is 0.790. The molecule has 1 aromatic rings. The van der Waals surface area contributed by atoms with E-state index in [1.54, 1.807) is 6.92 Å². The van der Waals surface area contributed by atoms with E-state index in [9.17, 15) is 17.6 Å². The van der Waals surface area contributed by atoms with Crippen LogP contribution in [-0.2, 0) is 19.6 Å². The molecule has 0 bridgehead atoms. The molecule has 110 valence electrons. The Morgan fingerprint density at radius 3 is 2.80 bits per heavy atom. The number of hydrogen-bond donors (Lipinski definition) is 0. The second-order valence-corrected chi connectivity index (χ2v) is 6.71. The molecule has 2 rings (SSSR count). The number of methoxy groups -OCH3 is 1. The third-order valence-corrected chi connectivity index (χ3v) is 5.27. The van der Waals surface area contributed by atoms with E-state index < -0.39 is 27.7 Å². The first-order valence-corrected chi connectivity index (χ1v) is 7.64. The van der Waals surface area contributed by atoms with E-state index >= 15 is 0 Å². The first kappa shape index (κ1) is 14.9.